The first-order valence-corrected chi connectivity index (χ1v) is 7.00. The van der Waals surface area contributed by atoms with Crippen molar-refractivity contribution in [3.05, 3.63) is 33.4 Å². The zero-order chi connectivity index (χ0) is 14.9. The van der Waals surface area contributed by atoms with Crippen LogP contribution in [-0.4, -0.2) is 28.0 Å². The standard InChI is InChI=1S/C13H12BrClN2O3/c1-6(18)17-12(13(19)20)2-7-5-16-11-4-10(15)9(14)3-8(7)11/h3-5,12,16H,2H2,1H3,(H,17,18)(H,19,20). The molecule has 0 spiro atoms. The second kappa shape index (κ2) is 5.85. The van der Waals surface area contributed by atoms with Crippen molar-refractivity contribution >= 4 is 50.3 Å². The van der Waals surface area contributed by atoms with Gasteiger partial charge in [-0.05, 0) is 33.6 Å². The molecule has 0 fully saturated rings. The molecule has 1 amide bonds. The minimum absolute atomic E-state index is 0.197. The van der Waals surface area contributed by atoms with Gasteiger partial charge in [-0.2, -0.15) is 0 Å². The Hall–Kier alpha value is -1.53. The quantitative estimate of drug-likeness (QED) is 0.785. The molecule has 0 radical (unpaired) electrons. The van der Waals surface area contributed by atoms with Gasteiger partial charge in [0.2, 0.25) is 5.91 Å². The molecule has 1 heterocycles. The van der Waals surface area contributed by atoms with Gasteiger partial charge in [-0.1, -0.05) is 11.6 Å². The minimum atomic E-state index is -1.07. The van der Waals surface area contributed by atoms with Crippen molar-refractivity contribution in [2.75, 3.05) is 0 Å². The van der Waals surface area contributed by atoms with E-state index in [9.17, 15) is 9.59 Å². The number of carboxylic acid groups (broad SMARTS) is 1. The lowest BCUT2D eigenvalue weighted by molar-refractivity contribution is -0.141. The number of aliphatic carboxylic acids is 1. The molecule has 1 aromatic heterocycles. The number of fused-ring (bicyclic) bond motifs is 1. The van der Waals surface area contributed by atoms with Crippen LogP contribution in [0.4, 0.5) is 0 Å². The van der Waals surface area contributed by atoms with Crippen LogP contribution in [0.2, 0.25) is 5.02 Å². The van der Waals surface area contributed by atoms with Crippen molar-refractivity contribution < 1.29 is 14.7 Å². The molecule has 7 heteroatoms. The summed E-state index contributed by atoms with van der Waals surface area (Å²) in [7, 11) is 0. The van der Waals surface area contributed by atoms with Crippen molar-refractivity contribution in [1.29, 1.82) is 0 Å². The van der Waals surface area contributed by atoms with Crippen molar-refractivity contribution in [2.45, 2.75) is 19.4 Å². The normalized spacial score (nSPS) is 12.3. The number of nitrogens with one attached hydrogen (secondary N) is 2. The first-order valence-electron chi connectivity index (χ1n) is 5.83. The number of carbonyl (C=O) groups excluding carboxylic acids is 1. The summed E-state index contributed by atoms with van der Waals surface area (Å²) in [6.45, 7) is 1.29. The lowest BCUT2D eigenvalue weighted by Gasteiger charge is -2.12. The molecular weight excluding hydrogens is 348 g/mol. The molecule has 1 atom stereocenters. The van der Waals surface area contributed by atoms with Gasteiger partial charge in [-0.15, -0.1) is 0 Å². The molecular formula is C13H12BrClN2O3. The van der Waals surface area contributed by atoms with E-state index in [1.54, 1.807) is 12.3 Å². The van der Waals surface area contributed by atoms with Gasteiger partial charge in [0, 0.05) is 34.9 Å². The highest BCUT2D eigenvalue weighted by atomic mass is 79.9. The van der Waals surface area contributed by atoms with Crippen LogP contribution in [-0.2, 0) is 16.0 Å². The predicted octanol–water partition coefficient (Wildman–Crippen LogP) is 2.72. The molecule has 20 heavy (non-hydrogen) atoms. The Bertz CT molecular complexity index is 684. The Morgan fingerprint density at radius 3 is 2.80 bits per heavy atom. The molecule has 2 aromatic rings. The van der Waals surface area contributed by atoms with E-state index in [1.165, 1.54) is 6.92 Å². The van der Waals surface area contributed by atoms with E-state index in [0.717, 1.165) is 20.9 Å². The van der Waals surface area contributed by atoms with Gasteiger partial charge < -0.3 is 15.4 Å². The molecule has 1 unspecified atom stereocenters. The van der Waals surface area contributed by atoms with E-state index < -0.39 is 12.0 Å². The van der Waals surface area contributed by atoms with Crippen molar-refractivity contribution in [3.8, 4) is 0 Å². The maximum Gasteiger partial charge on any atom is 0.326 e. The first-order chi connectivity index (χ1) is 9.38. The van der Waals surface area contributed by atoms with E-state index >= 15 is 0 Å². The highest BCUT2D eigenvalue weighted by Crippen LogP contribution is 2.30. The zero-order valence-electron chi connectivity index (χ0n) is 10.5. The maximum absolute atomic E-state index is 11.2. The van der Waals surface area contributed by atoms with E-state index in [-0.39, 0.29) is 12.3 Å². The average molecular weight is 360 g/mol. The topological polar surface area (TPSA) is 82.2 Å². The van der Waals surface area contributed by atoms with Crippen LogP contribution in [0.3, 0.4) is 0 Å². The third-order valence-electron chi connectivity index (χ3n) is 2.91. The van der Waals surface area contributed by atoms with Gasteiger partial charge in [0.25, 0.3) is 0 Å². The summed E-state index contributed by atoms with van der Waals surface area (Å²) in [4.78, 5) is 25.2. The van der Waals surface area contributed by atoms with Crippen LogP contribution in [0.1, 0.15) is 12.5 Å². The number of aromatic amines is 1. The van der Waals surface area contributed by atoms with Gasteiger partial charge >= 0.3 is 5.97 Å². The van der Waals surface area contributed by atoms with Crippen molar-refractivity contribution in [2.24, 2.45) is 0 Å². The number of carbonyl (C=O) groups is 2. The fraction of sp³-hybridized carbons (Fsp3) is 0.231. The number of aromatic nitrogens is 1. The molecule has 0 saturated carbocycles. The fourth-order valence-corrected chi connectivity index (χ4v) is 2.52. The molecule has 106 valence electrons. The van der Waals surface area contributed by atoms with E-state index in [1.807, 2.05) is 6.07 Å². The first kappa shape index (κ1) is 14.9. The summed E-state index contributed by atoms with van der Waals surface area (Å²) in [5.74, 6) is -1.44. The summed E-state index contributed by atoms with van der Waals surface area (Å²) in [5, 5.41) is 13.0. The van der Waals surface area contributed by atoms with E-state index in [0.29, 0.717) is 5.02 Å². The van der Waals surface area contributed by atoms with Gasteiger partial charge in [-0.3, -0.25) is 4.79 Å². The number of rotatable bonds is 4. The Morgan fingerprint density at radius 1 is 1.50 bits per heavy atom. The molecule has 2 rings (SSSR count). The maximum atomic E-state index is 11.2. The summed E-state index contributed by atoms with van der Waals surface area (Å²) in [5.41, 5.74) is 1.62. The van der Waals surface area contributed by atoms with E-state index in [2.05, 4.69) is 26.2 Å². The monoisotopic (exact) mass is 358 g/mol. The number of amides is 1. The Balaban J connectivity index is 2.35. The van der Waals surface area contributed by atoms with Gasteiger partial charge in [0.05, 0.1) is 5.02 Å². The van der Waals surface area contributed by atoms with Gasteiger partial charge in [0.15, 0.2) is 0 Å². The minimum Gasteiger partial charge on any atom is -0.480 e. The average Bonchev–Trinajstić information content (AvgIpc) is 2.71. The summed E-state index contributed by atoms with van der Waals surface area (Å²) >= 11 is 9.34. The van der Waals surface area contributed by atoms with Gasteiger partial charge in [-0.25, -0.2) is 4.79 Å². The molecule has 0 aliphatic rings. The lowest BCUT2D eigenvalue weighted by Crippen LogP contribution is -2.41. The third kappa shape index (κ3) is 3.13. The van der Waals surface area contributed by atoms with Crippen LogP contribution in [0.5, 0.6) is 0 Å². The molecule has 3 N–H and O–H groups in total. The Kier molecular flexibility index (Phi) is 4.35. The molecule has 0 bridgehead atoms. The number of hydrogen-bond acceptors (Lipinski definition) is 2. The van der Waals surface area contributed by atoms with Crippen LogP contribution >= 0.6 is 27.5 Å². The third-order valence-corrected chi connectivity index (χ3v) is 4.11. The molecule has 0 saturated heterocycles. The predicted molar refractivity (Wildman–Crippen MR) is 80.0 cm³/mol. The highest BCUT2D eigenvalue weighted by Gasteiger charge is 2.20. The van der Waals surface area contributed by atoms with Gasteiger partial charge in [0.1, 0.15) is 6.04 Å². The lowest BCUT2D eigenvalue weighted by atomic mass is 10.1. The van der Waals surface area contributed by atoms with Crippen LogP contribution in [0, 0.1) is 0 Å². The number of hydrogen-bond donors (Lipinski definition) is 3. The molecule has 1 aromatic carbocycles. The van der Waals surface area contributed by atoms with Crippen molar-refractivity contribution in [3.63, 3.8) is 0 Å². The zero-order valence-corrected chi connectivity index (χ0v) is 12.9. The second-order valence-corrected chi connectivity index (χ2v) is 5.68. The Labute approximate surface area is 128 Å². The smallest absolute Gasteiger partial charge is 0.326 e. The van der Waals surface area contributed by atoms with Crippen molar-refractivity contribution in [1.82, 2.24) is 10.3 Å². The Morgan fingerprint density at radius 2 is 2.20 bits per heavy atom. The fourth-order valence-electron chi connectivity index (χ4n) is 2.01. The highest BCUT2D eigenvalue weighted by molar-refractivity contribution is 9.10. The number of halogens is 2. The molecule has 5 nitrogen and oxygen atoms in total. The number of carboxylic acids is 1. The summed E-state index contributed by atoms with van der Waals surface area (Å²) in [6, 6.07) is 2.63. The number of benzene rings is 1. The summed E-state index contributed by atoms with van der Waals surface area (Å²) < 4.78 is 0.735. The molecule has 0 aliphatic carbocycles. The number of H-pyrrole nitrogens is 1. The van der Waals surface area contributed by atoms with Crippen LogP contribution in [0.25, 0.3) is 10.9 Å². The van der Waals surface area contributed by atoms with Crippen LogP contribution < -0.4 is 5.32 Å². The largest absolute Gasteiger partial charge is 0.480 e. The van der Waals surface area contributed by atoms with Crippen LogP contribution in [0.15, 0.2) is 22.8 Å². The van der Waals surface area contributed by atoms with E-state index in [4.69, 9.17) is 16.7 Å². The molecule has 0 aliphatic heterocycles. The second-order valence-electron chi connectivity index (χ2n) is 4.42. The summed E-state index contributed by atoms with van der Waals surface area (Å²) in [6.07, 6.45) is 1.92. The SMILES string of the molecule is CC(=O)NC(Cc1c[nH]c2cc(Cl)c(Br)cc12)C(=O)O.